The molecule has 5 rings (SSSR count). The van der Waals surface area contributed by atoms with Gasteiger partial charge in [-0.1, -0.05) is 11.6 Å². The van der Waals surface area contributed by atoms with E-state index in [1.54, 1.807) is 30.5 Å². The lowest BCUT2D eigenvalue weighted by atomic mass is 9.98. The Labute approximate surface area is 252 Å². The maximum atomic E-state index is 13.6. The van der Waals surface area contributed by atoms with Gasteiger partial charge in [0, 0.05) is 23.2 Å². The minimum atomic E-state index is -3.76. The van der Waals surface area contributed by atoms with Crippen LogP contribution in [-0.2, 0) is 30.9 Å². The van der Waals surface area contributed by atoms with Gasteiger partial charge in [0.05, 0.1) is 50.5 Å². The molecule has 1 amide bonds. The fourth-order valence-electron chi connectivity index (χ4n) is 4.79. The van der Waals surface area contributed by atoms with Gasteiger partial charge in [0.1, 0.15) is 22.3 Å². The zero-order valence-corrected chi connectivity index (χ0v) is 24.8. The van der Waals surface area contributed by atoms with E-state index < -0.39 is 27.5 Å². The van der Waals surface area contributed by atoms with Crippen LogP contribution in [0.2, 0.25) is 5.15 Å². The second kappa shape index (κ2) is 12.8. The Balaban J connectivity index is 1.40. The Morgan fingerprint density at radius 1 is 1.09 bits per heavy atom. The number of carbonyl (C=O) groups is 2. The standard InChI is InChI=1S/C30H29ClFN3O7S/c1-43(38,39)35(10-11-40-12-13-41-17-18-8-9-34-26(31)14-18)24-16-25-23(15-22(24)19-2-3-19)27(28(36)30(33)37)29(42-25)20-4-6-21(32)7-5-20/h4-9,14-16,19H,2-3,10-13,17H2,1H3,(H2,33,37). The number of carbonyl (C=O) groups excluding carboxylic acids is 2. The van der Waals surface area contributed by atoms with Crippen LogP contribution in [0, 0.1) is 5.82 Å². The number of sulfonamides is 1. The van der Waals surface area contributed by atoms with Crippen LogP contribution in [0.5, 0.6) is 0 Å². The quantitative estimate of drug-likeness (QED) is 0.0904. The van der Waals surface area contributed by atoms with Crippen LogP contribution in [0.25, 0.3) is 22.3 Å². The number of pyridine rings is 1. The molecule has 0 radical (unpaired) electrons. The lowest BCUT2D eigenvalue weighted by molar-refractivity contribution is -0.114. The molecule has 2 aromatic heterocycles. The molecule has 0 spiro atoms. The van der Waals surface area contributed by atoms with Crippen LogP contribution < -0.4 is 10.0 Å². The summed E-state index contributed by atoms with van der Waals surface area (Å²) in [7, 11) is -3.76. The number of fused-ring (bicyclic) bond motifs is 1. The molecule has 0 unspecified atom stereocenters. The smallest absolute Gasteiger partial charge is 0.289 e. The number of ether oxygens (including phenoxy) is 2. The van der Waals surface area contributed by atoms with Crippen LogP contribution in [0.15, 0.2) is 59.1 Å². The average Bonchev–Trinajstić information content (AvgIpc) is 3.73. The number of primary amides is 1. The highest BCUT2D eigenvalue weighted by atomic mass is 35.5. The number of ketones is 1. The monoisotopic (exact) mass is 629 g/mol. The molecule has 2 N–H and O–H groups in total. The van der Waals surface area contributed by atoms with Gasteiger partial charge >= 0.3 is 0 Å². The molecule has 0 atom stereocenters. The highest BCUT2D eigenvalue weighted by Crippen LogP contribution is 2.48. The van der Waals surface area contributed by atoms with E-state index in [-0.39, 0.29) is 49.2 Å². The van der Waals surface area contributed by atoms with Gasteiger partial charge in [-0.15, -0.1) is 0 Å². The number of hydrogen-bond acceptors (Lipinski definition) is 8. The molecule has 0 aliphatic heterocycles. The first-order valence-electron chi connectivity index (χ1n) is 13.5. The summed E-state index contributed by atoms with van der Waals surface area (Å²) in [5.41, 5.74) is 7.81. The van der Waals surface area contributed by atoms with Gasteiger partial charge in [-0.25, -0.2) is 17.8 Å². The van der Waals surface area contributed by atoms with Gasteiger partial charge in [0.2, 0.25) is 10.0 Å². The van der Waals surface area contributed by atoms with E-state index >= 15 is 0 Å². The summed E-state index contributed by atoms with van der Waals surface area (Å²) >= 11 is 5.88. The van der Waals surface area contributed by atoms with E-state index in [0.717, 1.165) is 24.7 Å². The number of Topliss-reactive ketones (excluding diaryl/α,β-unsaturated/α-hetero) is 1. The zero-order valence-electron chi connectivity index (χ0n) is 23.2. The number of hydrogen-bond donors (Lipinski definition) is 1. The van der Waals surface area contributed by atoms with Crippen molar-refractivity contribution in [3.05, 3.63) is 82.4 Å². The Hall–Kier alpha value is -3.84. The van der Waals surface area contributed by atoms with Crippen LogP contribution in [0.1, 0.15) is 40.2 Å². The third-order valence-corrected chi connectivity index (χ3v) is 8.34. The van der Waals surface area contributed by atoms with E-state index in [2.05, 4.69) is 4.98 Å². The number of aromatic nitrogens is 1. The van der Waals surface area contributed by atoms with Crippen molar-refractivity contribution in [1.82, 2.24) is 4.98 Å². The van der Waals surface area contributed by atoms with Crippen molar-refractivity contribution in [2.45, 2.75) is 25.4 Å². The first-order chi connectivity index (χ1) is 20.5. The van der Waals surface area contributed by atoms with Crippen LogP contribution in [-0.4, -0.2) is 57.7 Å². The molecule has 0 saturated heterocycles. The predicted molar refractivity (Wildman–Crippen MR) is 159 cm³/mol. The fraction of sp³-hybridized carbons (Fsp3) is 0.300. The molecule has 1 fully saturated rings. The summed E-state index contributed by atoms with van der Waals surface area (Å²) in [6.07, 6.45) is 4.35. The lowest BCUT2D eigenvalue weighted by Gasteiger charge is -2.25. The molecule has 1 aliphatic carbocycles. The predicted octanol–water partition coefficient (Wildman–Crippen LogP) is 4.83. The molecular formula is C30H29ClFN3O7S. The van der Waals surface area contributed by atoms with E-state index in [1.165, 1.54) is 28.6 Å². The molecule has 4 aromatic rings. The maximum absolute atomic E-state index is 13.6. The molecule has 2 heterocycles. The van der Waals surface area contributed by atoms with Gasteiger partial charge in [-0.05, 0) is 72.4 Å². The van der Waals surface area contributed by atoms with Crippen LogP contribution in [0.3, 0.4) is 0 Å². The first-order valence-corrected chi connectivity index (χ1v) is 15.7. The third-order valence-electron chi connectivity index (χ3n) is 6.95. The number of benzene rings is 2. The lowest BCUT2D eigenvalue weighted by Crippen LogP contribution is -2.34. The molecule has 2 aromatic carbocycles. The molecule has 1 aliphatic rings. The van der Waals surface area contributed by atoms with Gasteiger partial charge in [0.15, 0.2) is 0 Å². The number of furan rings is 1. The van der Waals surface area contributed by atoms with Crippen molar-refractivity contribution in [1.29, 1.82) is 0 Å². The van der Waals surface area contributed by atoms with E-state index in [9.17, 15) is 22.4 Å². The molecule has 43 heavy (non-hydrogen) atoms. The molecular weight excluding hydrogens is 601 g/mol. The van der Waals surface area contributed by atoms with E-state index in [1.807, 2.05) is 0 Å². The summed E-state index contributed by atoms with van der Waals surface area (Å²) in [6.45, 7) is 0.956. The highest BCUT2D eigenvalue weighted by Gasteiger charge is 2.33. The molecule has 1 saturated carbocycles. The second-order valence-corrected chi connectivity index (χ2v) is 12.5. The van der Waals surface area contributed by atoms with Gasteiger partial charge < -0.3 is 19.6 Å². The van der Waals surface area contributed by atoms with Crippen molar-refractivity contribution in [3.8, 4) is 11.3 Å². The number of nitrogens with zero attached hydrogens (tertiary/aromatic N) is 2. The molecule has 226 valence electrons. The van der Waals surface area contributed by atoms with Gasteiger partial charge in [0.25, 0.3) is 11.7 Å². The summed E-state index contributed by atoms with van der Waals surface area (Å²) in [4.78, 5) is 28.8. The van der Waals surface area contributed by atoms with Crippen LogP contribution in [0.4, 0.5) is 10.1 Å². The van der Waals surface area contributed by atoms with E-state index in [4.69, 9.17) is 31.2 Å². The minimum absolute atomic E-state index is 0.0165. The van der Waals surface area contributed by atoms with Crippen LogP contribution >= 0.6 is 11.6 Å². The minimum Gasteiger partial charge on any atom is -0.455 e. The summed E-state index contributed by atoms with van der Waals surface area (Å²) in [6, 6.07) is 12.0. The van der Waals surface area contributed by atoms with Crippen molar-refractivity contribution in [2.24, 2.45) is 5.73 Å². The topological polar surface area (TPSA) is 142 Å². The highest BCUT2D eigenvalue weighted by molar-refractivity contribution is 7.92. The number of halogens is 2. The number of rotatable bonds is 14. The Bertz CT molecular complexity index is 1770. The SMILES string of the molecule is CS(=O)(=O)N(CCOCCOCc1ccnc(Cl)c1)c1cc2oc(-c3ccc(F)cc3)c(C(=O)C(N)=O)c2cc1C1CC1. The number of amides is 1. The van der Waals surface area contributed by atoms with Crippen molar-refractivity contribution < 1.29 is 36.3 Å². The maximum Gasteiger partial charge on any atom is 0.289 e. The normalized spacial score (nSPS) is 13.4. The van der Waals surface area contributed by atoms with Crippen molar-refractivity contribution in [3.63, 3.8) is 0 Å². The van der Waals surface area contributed by atoms with Crippen molar-refractivity contribution >= 4 is 50.0 Å². The van der Waals surface area contributed by atoms with E-state index in [0.29, 0.717) is 34.0 Å². The largest absolute Gasteiger partial charge is 0.455 e. The van der Waals surface area contributed by atoms with Crippen molar-refractivity contribution in [2.75, 3.05) is 36.9 Å². The summed E-state index contributed by atoms with van der Waals surface area (Å²) in [5, 5.41) is 0.699. The molecule has 0 bridgehead atoms. The van der Waals surface area contributed by atoms with Gasteiger partial charge in [-0.2, -0.15) is 0 Å². The number of nitrogens with two attached hydrogens (primary N) is 1. The Kier molecular flexibility index (Phi) is 9.11. The second-order valence-electron chi connectivity index (χ2n) is 10.2. The molecule has 13 heteroatoms. The Morgan fingerprint density at radius 2 is 1.81 bits per heavy atom. The molecule has 10 nitrogen and oxygen atoms in total. The zero-order chi connectivity index (χ0) is 30.7. The summed E-state index contributed by atoms with van der Waals surface area (Å²) in [5.74, 6) is -2.53. The Morgan fingerprint density at radius 3 is 2.47 bits per heavy atom. The fourth-order valence-corrected chi connectivity index (χ4v) is 5.91. The van der Waals surface area contributed by atoms with Gasteiger partial charge in [-0.3, -0.25) is 13.9 Å². The number of anilines is 1. The first kappa shape index (κ1) is 30.6. The third kappa shape index (κ3) is 7.21. The summed E-state index contributed by atoms with van der Waals surface area (Å²) < 4.78 is 58.1. The average molecular weight is 630 g/mol.